The number of nitrogens with zero attached hydrogens (tertiary/aromatic N) is 2. The monoisotopic (exact) mass is 398 g/mol. The Hall–Kier alpha value is -3.13. The number of carbonyl (C=O) groups excluding carboxylic acids is 2. The molecular formula is C20H18N2O5S. The van der Waals surface area contributed by atoms with Crippen LogP contribution in [-0.2, 0) is 16.1 Å². The van der Waals surface area contributed by atoms with Gasteiger partial charge >= 0.3 is 5.97 Å². The predicted octanol–water partition coefficient (Wildman–Crippen LogP) is 3.23. The molecular weight excluding hydrogens is 380 g/mol. The van der Waals surface area contributed by atoms with Gasteiger partial charge in [0.25, 0.3) is 5.91 Å². The lowest BCUT2D eigenvalue weighted by molar-refractivity contribution is -0.134. The maximum atomic E-state index is 12.5. The van der Waals surface area contributed by atoms with E-state index in [1.807, 2.05) is 25.1 Å². The SMILES string of the molecule is CCN(Cc1ccc2c(c1)OCO2)C(=O)COC(=O)c1ccc2ncsc2c1. The third-order valence-electron chi connectivity index (χ3n) is 4.44. The zero-order valence-corrected chi connectivity index (χ0v) is 16.0. The van der Waals surface area contributed by atoms with Crippen LogP contribution in [0.2, 0.25) is 0 Å². The molecule has 1 aromatic heterocycles. The minimum atomic E-state index is -0.525. The molecule has 8 heteroatoms. The molecule has 2 heterocycles. The fourth-order valence-electron chi connectivity index (χ4n) is 2.92. The standard InChI is InChI=1S/C20H18N2O5S/c1-2-22(9-13-3-6-16-17(7-13)27-12-26-16)19(23)10-25-20(24)14-4-5-15-18(8-14)28-11-21-15/h3-8,11H,2,9-10,12H2,1H3. The van der Waals surface area contributed by atoms with Gasteiger partial charge in [-0.15, -0.1) is 11.3 Å². The van der Waals surface area contributed by atoms with E-state index in [0.717, 1.165) is 15.8 Å². The molecule has 0 radical (unpaired) electrons. The molecule has 1 aliphatic rings. The lowest BCUT2D eigenvalue weighted by Crippen LogP contribution is -2.34. The van der Waals surface area contributed by atoms with Crippen LogP contribution in [0, 0.1) is 0 Å². The predicted molar refractivity (Wildman–Crippen MR) is 104 cm³/mol. The third-order valence-corrected chi connectivity index (χ3v) is 5.23. The maximum Gasteiger partial charge on any atom is 0.338 e. The van der Waals surface area contributed by atoms with Crippen molar-refractivity contribution < 1.29 is 23.8 Å². The summed E-state index contributed by atoms with van der Waals surface area (Å²) in [4.78, 5) is 30.6. The van der Waals surface area contributed by atoms with Crippen LogP contribution in [0.1, 0.15) is 22.8 Å². The van der Waals surface area contributed by atoms with Crippen LogP contribution < -0.4 is 9.47 Å². The molecule has 28 heavy (non-hydrogen) atoms. The second-order valence-corrected chi connectivity index (χ2v) is 7.09. The Balaban J connectivity index is 1.36. The summed E-state index contributed by atoms with van der Waals surface area (Å²) in [6.07, 6.45) is 0. The van der Waals surface area contributed by atoms with E-state index in [4.69, 9.17) is 14.2 Å². The number of hydrogen-bond donors (Lipinski definition) is 0. The van der Waals surface area contributed by atoms with Gasteiger partial charge in [-0.1, -0.05) is 6.07 Å². The van der Waals surface area contributed by atoms with Crippen molar-refractivity contribution in [3.8, 4) is 11.5 Å². The first kappa shape index (κ1) is 18.2. The third kappa shape index (κ3) is 3.77. The van der Waals surface area contributed by atoms with Crippen molar-refractivity contribution in [3.63, 3.8) is 0 Å². The van der Waals surface area contributed by atoms with Gasteiger partial charge in [0.2, 0.25) is 6.79 Å². The van der Waals surface area contributed by atoms with E-state index in [1.165, 1.54) is 11.3 Å². The maximum absolute atomic E-state index is 12.5. The molecule has 0 spiro atoms. The Morgan fingerprint density at radius 2 is 2.04 bits per heavy atom. The molecule has 0 saturated carbocycles. The molecule has 0 bridgehead atoms. The molecule has 0 aliphatic carbocycles. The molecule has 3 aromatic rings. The normalized spacial score (nSPS) is 12.2. The van der Waals surface area contributed by atoms with E-state index in [9.17, 15) is 9.59 Å². The zero-order valence-electron chi connectivity index (χ0n) is 15.2. The number of carbonyl (C=O) groups is 2. The topological polar surface area (TPSA) is 78.0 Å². The number of esters is 1. The minimum absolute atomic E-state index is 0.207. The quantitative estimate of drug-likeness (QED) is 0.593. The van der Waals surface area contributed by atoms with Crippen LogP contribution in [0.5, 0.6) is 11.5 Å². The number of thiazole rings is 1. The van der Waals surface area contributed by atoms with Gasteiger partial charge in [-0.3, -0.25) is 4.79 Å². The van der Waals surface area contributed by atoms with Gasteiger partial charge in [0.1, 0.15) is 0 Å². The van der Waals surface area contributed by atoms with E-state index in [0.29, 0.717) is 30.2 Å². The van der Waals surface area contributed by atoms with Crippen molar-refractivity contribution in [2.24, 2.45) is 0 Å². The second-order valence-electron chi connectivity index (χ2n) is 6.21. The first-order valence-corrected chi connectivity index (χ1v) is 9.68. The fourth-order valence-corrected chi connectivity index (χ4v) is 3.64. The van der Waals surface area contributed by atoms with Crippen molar-refractivity contribution in [1.82, 2.24) is 9.88 Å². The summed E-state index contributed by atoms with van der Waals surface area (Å²) in [6.45, 7) is 2.68. The lowest BCUT2D eigenvalue weighted by atomic mass is 10.2. The molecule has 2 aromatic carbocycles. The van der Waals surface area contributed by atoms with Gasteiger partial charge in [0, 0.05) is 13.1 Å². The van der Waals surface area contributed by atoms with Crippen molar-refractivity contribution >= 4 is 33.4 Å². The summed E-state index contributed by atoms with van der Waals surface area (Å²) in [5.74, 6) is 0.589. The number of rotatable bonds is 6. The largest absolute Gasteiger partial charge is 0.454 e. The highest BCUT2D eigenvalue weighted by molar-refractivity contribution is 7.16. The van der Waals surface area contributed by atoms with Crippen molar-refractivity contribution in [2.45, 2.75) is 13.5 Å². The molecule has 0 unspecified atom stereocenters. The molecule has 7 nitrogen and oxygen atoms in total. The van der Waals surface area contributed by atoms with Gasteiger partial charge in [0.15, 0.2) is 18.1 Å². The summed E-state index contributed by atoms with van der Waals surface area (Å²) < 4.78 is 16.8. The van der Waals surface area contributed by atoms with E-state index in [-0.39, 0.29) is 19.3 Å². The Morgan fingerprint density at radius 3 is 2.89 bits per heavy atom. The molecule has 4 rings (SSSR count). The second kappa shape index (κ2) is 7.85. The van der Waals surface area contributed by atoms with Crippen molar-refractivity contribution in [2.75, 3.05) is 19.9 Å². The Bertz CT molecular complexity index is 1030. The minimum Gasteiger partial charge on any atom is -0.454 e. The molecule has 0 atom stereocenters. The first-order chi connectivity index (χ1) is 13.6. The number of benzene rings is 2. The Kier molecular flexibility index (Phi) is 5.12. The summed E-state index contributed by atoms with van der Waals surface area (Å²) in [7, 11) is 0. The number of amides is 1. The van der Waals surface area contributed by atoms with Gasteiger partial charge in [-0.25, -0.2) is 9.78 Å². The van der Waals surface area contributed by atoms with E-state index in [1.54, 1.807) is 28.6 Å². The summed E-state index contributed by atoms with van der Waals surface area (Å²) >= 11 is 1.45. The Labute approximate surface area is 165 Å². The van der Waals surface area contributed by atoms with E-state index < -0.39 is 5.97 Å². The highest BCUT2D eigenvalue weighted by Crippen LogP contribution is 2.32. The molecule has 0 saturated heterocycles. The van der Waals surface area contributed by atoms with Crippen LogP contribution in [0.4, 0.5) is 0 Å². The molecule has 0 fully saturated rings. The number of aromatic nitrogens is 1. The number of fused-ring (bicyclic) bond motifs is 2. The number of hydrogen-bond acceptors (Lipinski definition) is 7. The van der Waals surface area contributed by atoms with Crippen LogP contribution in [-0.4, -0.2) is 41.7 Å². The highest BCUT2D eigenvalue weighted by Gasteiger charge is 2.18. The van der Waals surface area contributed by atoms with Gasteiger partial charge < -0.3 is 19.1 Å². The molecule has 1 aliphatic heterocycles. The highest BCUT2D eigenvalue weighted by atomic mass is 32.1. The summed E-state index contributed by atoms with van der Waals surface area (Å²) in [5, 5.41) is 0. The Morgan fingerprint density at radius 1 is 1.18 bits per heavy atom. The summed E-state index contributed by atoms with van der Waals surface area (Å²) in [5.41, 5.74) is 3.88. The zero-order chi connectivity index (χ0) is 19.5. The van der Waals surface area contributed by atoms with E-state index >= 15 is 0 Å². The van der Waals surface area contributed by atoms with E-state index in [2.05, 4.69) is 4.98 Å². The molecule has 0 N–H and O–H groups in total. The van der Waals surface area contributed by atoms with Crippen molar-refractivity contribution in [1.29, 1.82) is 0 Å². The van der Waals surface area contributed by atoms with Crippen LogP contribution >= 0.6 is 11.3 Å². The molecule has 144 valence electrons. The van der Waals surface area contributed by atoms with Gasteiger partial charge in [0.05, 0.1) is 21.3 Å². The lowest BCUT2D eigenvalue weighted by Gasteiger charge is -2.21. The van der Waals surface area contributed by atoms with Gasteiger partial charge in [-0.2, -0.15) is 0 Å². The number of likely N-dealkylation sites (N-methyl/N-ethyl adjacent to an activating group) is 1. The number of ether oxygens (including phenoxy) is 3. The average molecular weight is 398 g/mol. The van der Waals surface area contributed by atoms with Crippen LogP contribution in [0.3, 0.4) is 0 Å². The van der Waals surface area contributed by atoms with Crippen molar-refractivity contribution in [3.05, 3.63) is 53.0 Å². The van der Waals surface area contributed by atoms with Crippen LogP contribution in [0.25, 0.3) is 10.2 Å². The smallest absolute Gasteiger partial charge is 0.338 e. The average Bonchev–Trinajstić information content (AvgIpc) is 3.37. The van der Waals surface area contributed by atoms with Gasteiger partial charge in [-0.05, 0) is 42.8 Å². The molecule has 1 amide bonds. The summed E-state index contributed by atoms with van der Waals surface area (Å²) in [6, 6.07) is 10.7. The van der Waals surface area contributed by atoms with Crippen LogP contribution in [0.15, 0.2) is 41.9 Å². The fraction of sp³-hybridized carbons (Fsp3) is 0.250. The first-order valence-electron chi connectivity index (χ1n) is 8.80.